The van der Waals surface area contributed by atoms with Gasteiger partial charge in [-0.15, -0.1) is 11.3 Å². The lowest BCUT2D eigenvalue weighted by molar-refractivity contribution is -0.103. The molecule has 0 amide bonds. The van der Waals surface area contributed by atoms with E-state index in [2.05, 4.69) is 15.9 Å². The van der Waals surface area contributed by atoms with E-state index in [1.165, 1.54) is 0 Å². The standard InChI is InChI=1S/C11H17BrO4S/c1-13-10(14-2)6-8-7(12)5-9(17-8)11(15-3)16-4/h5,10-11H,6H2,1-4H3. The predicted octanol–water partition coefficient (Wildman–Crippen LogP) is 2.96. The van der Waals surface area contributed by atoms with Crippen molar-refractivity contribution in [3.8, 4) is 0 Å². The number of hydrogen-bond donors (Lipinski definition) is 0. The van der Waals surface area contributed by atoms with Crippen molar-refractivity contribution in [1.82, 2.24) is 0 Å². The molecule has 0 radical (unpaired) electrons. The summed E-state index contributed by atoms with van der Waals surface area (Å²) >= 11 is 5.14. The Labute approximate surface area is 114 Å². The lowest BCUT2D eigenvalue weighted by Gasteiger charge is -2.12. The Balaban J connectivity index is 2.80. The second-order valence-corrected chi connectivity index (χ2v) is 5.35. The molecule has 0 saturated carbocycles. The molecular weight excluding hydrogens is 308 g/mol. The van der Waals surface area contributed by atoms with Crippen LogP contribution in [0.5, 0.6) is 0 Å². The van der Waals surface area contributed by atoms with Crippen molar-refractivity contribution < 1.29 is 18.9 Å². The quantitative estimate of drug-likeness (QED) is 0.722. The van der Waals surface area contributed by atoms with Gasteiger partial charge in [0.15, 0.2) is 12.6 Å². The summed E-state index contributed by atoms with van der Waals surface area (Å²) in [7, 11) is 6.50. The van der Waals surface area contributed by atoms with E-state index in [9.17, 15) is 0 Å². The third-order valence-electron chi connectivity index (χ3n) is 2.31. The van der Waals surface area contributed by atoms with Crippen molar-refractivity contribution in [3.05, 3.63) is 20.3 Å². The van der Waals surface area contributed by atoms with Gasteiger partial charge < -0.3 is 18.9 Å². The molecule has 0 N–H and O–H groups in total. The van der Waals surface area contributed by atoms with Crippen molar-refractivity contribution in [1.29, 1.82) is 0 Å². The normalized spacial score (nSPS) is 11.7. The van der Waals surface area contributed by atoms with E-state index in [0.717, 1.165) is 14.2 Å². The summed E-state index contributed by atoms with van der Waals surface area (Å²) in [5, 5.41) is 0. The molecule has 1 aromatic rings. The topological polar surface area (TPSA) is 36.9 Å². The number of halogens is 1. The van der Waals surface area contributed by atoms with Gasteiger partial charge in [0.2, 0.25) is 0 Å². The van der Waals surface area contributed by atoms with Crippen LogP contribution in [0.4, 0.5) is 0 Å². The third kappa shape index (κ3) is 4.01. The Morgan fingerprint density at radius 1 is 1.12 bits per heavy atom. The Bertz CT molecular complexity index is 334. The summed E-state index contributed by atoms with van der Waals surface area (Å²) in [5.41, 5.74) is 0. The summed E-state index contributed by atoms with van der Waals surface area (Å²) in [6, 6.07) is 2.00. The van der Waals surface area contributed by atoms with Crippen LogP contribution in [0.1, 0.15) is 16.0 Å². The van der Waals surface area contributed by atoms with Crippen LogP contribution >= 0.6 is 27.3 Å². The fraction of sp³-hybridized carbons (Fsp3) is 0.636. The molecule has 6 heteroatoms. The van der Waals surface area contributed by atoms with Gasteiger partial charge in [0.25, 0.3) is 0 Å². The maximum absolute atomic E-state index is 5.22. The second-order valence-electron chi connectivity index (χ2n) is 3.33. The second kappa shape index (κ2) is 7.45. The maximum Gasteiger partial charge on any atom is 0.192 e. The molecule has 0 saturated heterocycles. The van der Waals surface area contributed by atoms with E-state index in [4.69, 9.17) is 18.9 Å². The zero-order valence-corrected chi connectivity index (χ0v) is 12.8. The van der Waals surface area contributed by atoms with E-state index in [1.54, 1.807) is 39.8 Å². The first-order valence-corrected chi connectivity index (χ1v) is 6.66. The van der Waals surface area contributed by atoms with E-state index in [1.807, 2.05) is 6.07 Å². The third-order valence-corrected chi connectivity index (χ3v) is 4.46. The molecule has 0 unspecified atom stereocenters. The lowest BCUT2D eigenvalue weighted by atomic mass is 10.3. The highest BCUT2D eigenvalue weighted by molar-refractivity contribution is 9.10. The smallest absolute Gasteiger partial charge is 0.192 e. The molecule has 1 rings (SSSR count). The van der Waals surface area contributed by atoms with Crippen molar-refractivity contribution in [2.45, 2.75) is 19.0 Å². The Morgan fingerprint density at radius 3 is 2.18 bits per heavy atom. The molecule has 1 aromatic heterocycles. The van der Waals surface area contributed by atoms with Gasteiger partial charge >= 0.3 is 0 Å². The number of hydrogen-bond acceptors (Lipinski definition) is 5. The van der Waals surface area contributed by atoms with Crippen LogP contribution in [0, 0.1) is 0 Å². The molecule has 1 heterocycles. The number of thiophene rings is 1. The molecule has 0 atom stereocenters. The summed E-state index contributed by atoms with van der Waals surface area (Å²) in [4.78, 5) is 2.16. The van der Waals surface area contributed by atoms with Crippen LogP contribution in [0.25, 0.3) is 0 Å². The van der Waals surface area contributed by atoms with Gasteiger partial charge in [0.05, 0.1) is 4.88 Å². The largest absolute Gasteiger partial charge is 0.356 e. The van der Waals surface area contributed by atoms with Gasteiger partial charge in [-0.1, -0.05) is 0 Å². The van der Waals surface area contributed by atoms with Crippen LogP contribution in [0.15, 0.2) is 10.5 Å². The molecule has 0 bridgehead atoms. The highest BCUT2D eigenvalue weighted by Crippen LogP contribution is 2.34. The number of rotatable bonds is 7. The van der Waals surface area contributed by atoms with Crippen LogP contribution < -0.4 is 0 Å². The molecule has 0 spiro atoms. The minimum Gasteiger partial charge on any atom is -0.356 e. The minimum absolute atomic E-state index is 0.235. The van der Waals surface area contributed by atoms with E-state index in [-0.39, 0.29) is 12.6 Å². The van der Waals surface area contributed by atoms with E-state index in [0.29, 0.717) is 6.42 Å². The fourth-order valence-electron chi connectivity index (χ4n) is 1.42. The summed E-state index contributed by atoms with van der Waals surface area (Å²) < 4.78 is 21.8. The summed E-state index contributed by atoms with van der Waals surface area (Å²) in [6.07, 6.45) is 0.133. The molecule has 4 nitrogen and oxygen atoms in total. The molecule has 0 aliphatic rings. The summed E-state index contributed by atoms with van der Waals surface area (Å²) in [5.74, 6) is 0. The highest BCUT2D eigenvalue weighted by Gasteiger charge is 2.18. The minimum atomic E-state index is -0.325. The maximum atomic E-state index is 5.22. The van der Waals surface area contributed by atoms with Crippen LogP contribution in [-0.4, -0.2) is 34.7 Å². The van der Waals surface area contributed by atoms with Crippen LogP contribution in [0.3, 0.4) is 0 Å². The van der Waals surface area contributed by atoms with Crippen molar-refractivity contribution in [3.63, 3.8) is 0 Å². The molecular formula is C11H17BrO4S. The van der Waals surface area contributed by atoms with Crippen LogP contribution in [0.2, 0.25) is 0 Å². The zero-order valence-electron chi connectivity index (χ0n) is 10.4. The molecule has 98 valence electrons. The Hall–Kier alpha value is 0.0200. The first-order valence-electron chi connectivity index (χ1n) is 5.05. The van der Waals surface area contributed by atoms with Gasteiger partial charge in [-0.3, -0.25) is 0 Å². The first kappa shape index (κ1) is 15.1. The van der Waals surface area contributed by atoms with E-state index < -0.39 is 0 Å². The molecule has 17 heavy (non-hydrogen) atoms. The molecule has 0 aliphatic heterocycles. The van der Waals surface area contributed by atoms with Gasteiger partial charge in [0, 0.05) is 44.2 Å². The Morgan fingerprint density at radius 2 is 1.71 bits per heavy atom. The van der Waals surface area contributed by atoms with Gasteiger partial charge in [-0.2, -0.15) is 0 Å². The fourth-order valence-corrected chi connectivity index (χ4v) is 3.35. The van der Waals surface area contributed by atoms with Crippen LogP contribution in [-0.2, 0) is 25.4 Å². The van der Waals surface area contributed by atoms with Gasteiger partial charge in [-0.05, 0) is 22.0 Å². The average molecular weight is 325 g/mol. The zero-order chi connectivity index (χ0) is 12.8. The number of ether oxygens (including phenoxy) is 4. The average Bonchev–Trinajstić information content (AvgIpc) is 2.69. The summed E-state index contributed by atoms with van der Waals surface area (Å²) in [6.45, 7) is 0. The van der Waals surface area contributed by atoms with Crippen molar-refractivity contribution in [2.24, 2.45) is 0 Å². The van der Waals surface area contributed by atoms with E-state index >= 15 is 0 Å². The molecule has 0 aliphatic carbocycles. The SMILES string of the molecule is COC(Cc1sc(C(OC)OC)cc1Br)OC. The highest BCUT2D eigenvalue weighted by atomic mass is 79.9. The molecule has 0 fully saturated rings. The molecule has 0 aromatic carbocycles. The van der Waals surface area contributed by atoms with Crippen molar-refractivity contribution in [2.75, 3.05) is 28.4 Å². The van der Waals surface area contributed by atoms with Crippen molar-refractivity contribution >= 4 is 27.3 Å². The number of methoxy groups -OCH3 is 4. The van der Waals surface area contributed by atoms with Gasteiger partial charge in [-0.25, -0.2) is 0 Å². The predicted molar refractivity (Wildman–Crippen MR) is 70.3 cm³/mol. The monoisotopic (exact) mass is 324 g/mol. The van der Waals surface area contributed by atoms with Gasteiger partial charge in [0.1, 0.15) is 0 Å². The lowest BCUT2D eigenvalue weighted by Crippen LogP contribution is -2.15. The first-order chi connectivity index (χ1) is 8.15. The Kier molecular flexibility index (Phi) is 6.61.